The molecule has 0 aliphatic heterocycles. The van der Waals surface area contributed by atoms with E-state index in [1.54, 1.807) is 12.1 Å². The number of hydrogen-bond acceptors (Lipinski definition) is 3. The Morgan fingerprint density at radius 1 is 1.35 bits per heavy atom. The molecule has 0 saturated heterocycles. The van der Waals surface area contributed by atoms with Gasteiger partial charge in [-0.15, -0.1) is 11.6 Å². The van der Waals surface area contributed by atoms with Crippen LogP contribution in [-0.4, -0.2) is 11.5 Å². The normalized spacial score (nSPS) is 27.8. The molecule has 2 aliphatic rings. The van der Waals surface area contributed by atoms with Gasteiger partial charge < -0.3 is 4.74 Å². The van der Waals surface area contributed by atoms with Crippen molar-refractivity contribution in [2.45, 2.75) is 31.6 Å². The minimum atomic E-state index is -0.397. The molecule has 0 heterocycles. The van der Waals surface area contributed by atoms with Crippen molar-refractivity contribution >= 4 is 17.3 Å². The number of nitrogens with zero attached hydrogens (tertiary/aromatic N) is 1. The van der Waals surface area contributed by atoms with Gasteiger partial charge in [0.15, 0.2) is 5.75 Å². The molecule has 0 radical (unpaired) electrons. The van der Waals surface area contributed by atoms with Crippen molar-refractivity contribution in [3.05, 3.63) is 33.9 Å². The molecule has 2 fully saturated rings. The summed E-state index contributed by atoms with van der Waals surface area (Å²) in [6.07, 6.45) is 5.19. The maximum atomic E-state index is 11.1. The number of ether oxygens (including phenoxy) is 1. The van der Waals surface area contributed by atoms with Gasteiger partial charge in [-0.2, -0.15) is 0 Å². The van der Waals surface area contributed by atoms with Crippen LogP contribution in [0.3, 0.4) is 0 Å². The molecule has 1 aromatic carbocycles. The molecule has 0 amide bonds. The summed E-state index contributed by atoms with van der Waals surface area (Å²) in [5.41, 5.74) is 0.761. The number of rotatable bonds is 5. The van der Waals surface area contributed by atoms with Gasteiger partial charge in [0.05, 0.1) is 11.5 Å². The van der Waals surface area contributed by atoms with E-state index in [9.17, 15) is 10.1 Å². The van der Waals surface area contributed by atoms with Crippen LogP contribution in [0.25, 0.3) is 0 Å². The number of hydrogen-bond donors (Lipinski definition) is 0. The summed E-state index contributed by atoms with van der Waals surface area (Å²) in [5.74, 6) is 2.84. The van der Waals surface area contributed by atoms with E-state index in [4.69, 9.17) is 16.3 Å². The average molecular weight is 296 g/mol. The largest absolute Gasteiger partial charge is 0.487 e. The van der Waals surface area contributed by atoms with Gasteiger partial charge in [0.2, 0.25) is 0 Å². The molecule has 0 spiro atoms. The first kappa shape index (κ1) is 13.7. The van der Waals surface area contributed by atoms with Crippen LogP contribution < -0.4 is 4.74 Å². The Labute approximate surface area is 123 Å². The first-order valence-corrected chi connectivity index (χ1v) is 7.67. The highest BCUT2D eigenvalue weighted by Crippen LogP contribution is 2.48. The number of halogens is 1. The molecule has 3 rings (SSSR count). The Morgan fingerprint density at radius 2 is 2.20 bits per heavy atom. The summed E-state index contributed by atoms with van der Waals surface area (Å²) < 4.78 is 5.75. The third-order valence-corrected chi connectivity index (χ3v) is 5.02. The van der Waals surface area contributed by atoms with Crippen molar-refractivity contribution in [2.24, 2.45) is 17.8 Å². The zero-order chi connectivity index (χ0) is 14.1. The zero-order valence-corrected chi connectivity index (χ0v) is 12.0. The van der Waals surface area contributed by atoms with Gasteiger partial charge in [-0.25, -0.2) is 0 Å². The van der Waals surface area contributed by atoms with E-state index < -0.39 is 4.92 Å². The summed E-state index contributed by atoms with van der Waals surface area (Å²) in [6.45, 7) is 0.599. The van der Waals surface area contributed by atoms with Crippen LogP contribution in [-0.2, 0) is 5.88 Å². The summed E-state index contributed by atoms with van der Waals surface area (Å²) in [6, 6.07) is 4.96. The molecular weight excluding hydrogens is 278 g/mol. The number of nitro groups is 1. The second-order valence-corrected chi connectivity index (χ2v) is 6.21. The number of alkyl halides is 1. The lowest BCUT2D eigenvalue weighted by Crippen LogP contribution is -2.18. The van der Waals surface area contributed by atoms with E-state index >= 15 is 0 Å². The van der Waals surface area contributed by atoms with E-state index in [0.29, 0.717) is 18.3 Å². The molecule has 0 N–H and O–H groups in total. The van der Waals surface area contributed by atoms with Crippen molar-refractivity contribution in [3.63, 3.8) is 0 Å². The van der Waals surface area contributed by atoms with Gasteiger partial charge in [-0.05, 0) is 48.6 Å². The van der Waals surface area contributed by atoms with Crippen LogP contribution in [0, 0.1) is 27.9 Å². The smallest absolute Gasteiger partial charge is 0.311 e. The lowest BCUT2D eigenvalue weighted by atomic mass is 9.89. The molecule has 5 heteroatoms. The highest BCUT2D eigenvalue weighted by Gasteiger charge is 2.39. The molecule has 20 heavy (non-hydrogen) atoms. The van der Waals surface area contributed by atoms with Gasteiger partial charge in [-0.3, -0.25) is 10.1 Å². The highest BCUT2D eigenvalue weighted by molar-refractivity contribution is 6.17. The SMILES string of the molecule is O=[N+]([O-])c1cc(CCl)ccc1OCC1CC2CCC1C2. The van der Waals surface area contributed by atoms with Crippen molar-refractivity contribution in [3.8, 4) is 5.75 Å². The molecular formula is C15H18ClNO3. The summed E-state index contributed by atoms with van der Waals surface area (Å²) in [5, 5.41) is 11.1. The molecule has 4 nitrogen and oxygen atoms in total. The minimum absolute atomic E-state index is 0.0197. The Morgan fingerprint density at radius 3 is 2.80 bits per heavy atom. The monoisotopic (exact) mass is 295 g/mol. The second-order valence-electron chi connectivity index (χ2n) is 5.94. The maximum absolute atomic E-state index is 11.1. The Kier molecular flexibility index (Phi) is 3.83. The summed E-state index contributed by atoms with van der Waals surface area (Å²) in [7, 11) is 0. The van der Waals surface area contributed by atoms with Crippen LogP contribution >= 0.6 is 11.6 Å². The van der Waals surface area contributed by atoms with E-state index in [-0.39, 0.29) is 11.6 Å². The highest BCUT2D eigenvalue weighted by atomic mass is 35.5. The van der Waals surface area contributed by atoms with Crippen LogP contribution in [0.5, 0.6) is 5.75 Å². The second kappa shape index (κ2) is 5.60. The van der Waals surface area contributed by atoms with Crippen LogP contribution in [0.1, 0.15) is 31.2 Å². The van der Waals surface area contributed by atoms with Crippen molar-refractivity contribution < 1.29 is 9.66 Å². The first-order chi connectivity index (χ1) is 9.67. The molecule has 3 unspecified atom stereocenters. The van der Waals surface area contributed by atoms with Crippen LogP contribution in [0.2, 0.25) is 0 Å². The van der Waals surface area contributed by atoms with Crippen LogP contribution in [0.4, 0.5) is 5.69 Å². The van der Waals surface area contributed by atoms with Gasteiger partial charge in [0.1, 0.15) is 0 Å². The first-order valence-electron chi connectivity index (χ1n) is 7.13. The van der Waals surface area contributed by atoms with Gasteiger partial charge in [0.25, 0.3) is 0 Å². The van der Waals surface area contributed by atoms with E-state index in [1.165, 1.54) is 31.7 Å². The number of benzene rings is 1. The van der Waals surface area contributed by atoms with Gasteiger partial charge in [0, 0.05) is 11.9 Å². The van der Waals surface area contributed by atoms with Gasteiger partial charge in [-0.1, -0.05) is 12.5 Å². The van der Waals surface area contributed by atoms with Crippen molar-refractivity contribution in [2.75, 3.05) is 6.61 Å². The number of nitro benzene ring substituents is 1. The van der Waals surface area contributed by atoms with Gasteiger partial charge >= 0.3 is 5.69 Å². The van der Waals surface area contributed by atoms with Crippen LogP contribution in [0.15, 0.2) is 18.2 Å². The fourth-order valence-corrected chi connectivity index (χ4v) is 3.85. The molecule has 108 valence electrons. The zero-order valence-electron chi connectivity index (χ0n) is 11.3. The van der Waals surface area contributed by atoms with Crippen molar-refractivity contribution in [1.82, 2.24) is 0 Å². The van der Waals surface area contributed by atoms with E-state index in [1.807, 2.05) is 0 Å². The van der Waals surface area contributed by atoms with E-state index in [0.717, 1.165) is 17.4 Å². The standard InChI is InChI=1S/C15H18ClNO3/c16-8-11-2-4-15(14(7-11)17(18)19)20-9-13-6-10-1-3-12(13)5-10/h2,4,7,10,12-13H,1,3,5-6,8-9H2. The topological polar surface area (TPSA) is 52.4 Å². The third-order valence-electron chi connectivity index (χ3n) is 4.71. The third kappa shape index (κ3) is 2.62. The van der Waals surface area contributed by atoms with Crippen molar-refractivity contribution in [1.29, 1.82) is 0 Å². The molecule has 2 bridgehead atoms. The fourth-order valence-electron chi connectivity index (χ4n) is 3.69. The Bertz CT molecular complexity index is 520. The molecule has 0 aromatic heterocycles. The summed E-state index contributed by atoms with van der Waals surface area (Å²) in [4.78, 5) is 10.7. The summed E-state index contributed by atoms with van der Waals surface area (Å²) >= 11 is 5.72. The Balaban J connectivity index is 1.69. The average Bonchev–Trinajstić information content (AvgIpc) is 3.07. The predicted molar refractivity (Wildman–Crippen MR) is 77.1 cm³/mol. The predicted octanol–water partition coefficient (Wildman–Crippen LogP) is 4.15. The molecule has 1 aromatic rings. The molecule has 2 aliphatic carbocycles. The lowest BCUT2D eigenvalue weighted by molar-refractivity contribution is -0.386. The number of fused-ring (bicyclic) bond motifs is 2. The quantitative estimate of drug-likeness (QED) is 0.466. The lowest BCUT2D eigenvalue weighted by Gasteiger charge is -2.21. The molecule has 3 atom stereocenters. The minimum Gasteiger partial charge on any atom is -0.487 e. The van der Waals surface area contributed by atoms with E-state index in [2.05, 4.69) is 0 Å². The molecule has 2 saturated carbocycles. The maximum Gasteiger partial charge on any atom is 0.311 e. The Hall–Kier alpha value is -1.29. The fraction of sp³-hybridized carbons (Fsp3) is 0.600.